The third-order valence-corrected chi connectivity index (χ3v) is 4.85. The first-order valence-electron chi connectivity index (χ1n) is 9.79. The van der Waals surface area contributed by atoms with Gasteiger partial charge in [0.1, 0.15) is 5.82 Å². The van der Waals surface area contributed by atoms with Gasteiger partial charge in [-0.2, -0.15) is 0 Å². The van der Waals surface area contributed by atoms with Crippen LogP contribution in [0.2, 0.25) is 0 Å². The number of anilines is 1. The second-order valence-corrected chi connectivity index (χ2v) is 6.97. The van der Waals surface area contributed by atoms with Crippen molar-refractivity contribution < 1.29 is 19.0 Å². The summed E-state index contributed by atoms with van der Waals surface area (Å²) >= 11 is 0. The number of phenolic OH excluding ortho intramolecular Hbond substituents is 1. The molecule has 8 heteroatoms. The Kier molecular flexibility index (Phi) is 7.26. The number of aromatic nitrogens is 1. The number of nitrogens with one attached hydrogen (secondary N) is 2. The number of aromatic amines is 1. The summed E-state index contributed by atoms with van der Waals surface area (Å²) in [6.07, 6.45) is 2.45. The monoisotopic (exact) mass is 425 g/mol. The largest absolute Gasteiger partial charge is 0.504 e. The lowest BCUT2D eigenvalue weighted by molar-refractivity contribution is 0.0937. The van der Waals surface area contributed by atoms with Gasteiger partial charge in [-0.1, -0.05) is 24.3 Å². The van der Waals surface area contributed by atoms with Crippen LogP contribution in [0.4, 0.5) is 10.1 Å². The lowest BCUT2D eigenvalue weighted by atomic mass is 10.1. The molecule has 1 aromatic heterocycles. The second-order valence-electron chi connectivity index (χ2n) is 6.97. The van der Waals surface area contributed by atoms with Crippen molar-refractivity contribution in [1.29, 1.82) is 0 Å². The topological polar surface area (TPSA) is 94.7 Å². The predicted octanol–water partition coefficient (Wildman–Crippen LogP) is 2.92. The van der Waals surface area contributed by atoms with Crippen LogP contribution in [0.3, 0.4) is 0 Å². The predicted molar refractivity (Wildman–Crippen MR) is 116 cm³/mol. The summed E-state index contributed by atoms with van der Waals surface area (Å²) in [5, 5.41) is 13.0. The number of benzene rings is 2. The normalized spacial score (nSPS) is 15.0. The van der Waals surface area contributed by atoms with Gasteiger partial charge in [0.15, 0.2) is 11.5 Å². The van der Waals surface area contributed by atoms with E-state index in [0.717, 1.165) is 18.7 Å². The number of phenols is 1. The van der Waals surface area contributed by atoms with E-state index in [4.69, 9.17) is 4.74 Å². The highest BCUT2D eigenvalue weighted by molar-refractivity contribution is 5.97. The van der Waals surface area contributed by atoms with Crippen molar-refractivity contribution in [2.45, 2.75) is 12.5 Å². The van der Waals surface area contributed by atoms with E-state index < -0.39 is 0 Å². The minimum absolute atomic E-state index is 0.0324. The Hall–Kier alpha value is -3.81. The number of hydrogen-bond acceptors (Lipinski definition) is 5. The number of halogens is 1. The first kappa shape index (κ1) is 21.9. The van der Waals surface area contributed by atoms with Crippen molar-refractivity contribution in [2.75, 3.05) is 25.1 Å². The van der Waals surface area contributed by atoms with Crippen LogP contribution in [-0.4, -0.2) is 42.2 Å². The Morgan fingerprint density at radius 2 is 1.94 bits per heavy atom. The highest BCUT2D eigenvalue weighted by Gasteiger charge is 2.25. The molecule has 3 N–H and O–H groups in total. The minimum Gasteiger partial charge on any atom is -0.504 e. The number of pyridine rings is 1. The number of carbonyl (C=O) groups is 1. The second kappa shape index (κ2) is 10.3. The summed E-state index contributed by atoms with van der Waals surface area (Å²) in [7, 11) is 1.44. The lowest BCUT2D eigenvalue weighted by Crippen LogP contribution is -2.37. The van der Waals surface area contributed by atoms with Crippen molar-refractivity contribution in [3.8, 4) is 11.5 Å². The molecular weight excluding hydrogens is 401 g/mol. The van der Waals surface area contributed by atoms with Crippen LogP contribution in [0.25, 0.3) is 0 Å². The third-order valence-electron chi connectivity index (χ3n) is 4.85. The quantitative estimate of drug-likeness (QED) is 0.598. The number of rotatable bonds is 4. The van der Waals surface area contributed by atoms with Gasteiger partial charge in [0.05, 0.1) is 18.4 Å². The Balaban J connectivity index is 0.000000330. The third kappa shape index (κ3) is 5.85. The molecule has 1 aliphatic heterocycles. The molecule has 1 aliphatic rings. The summed E-state index contributed by atoms with van der Waals surface area (Å²) in [4.78, 5) is 28.2. The Labute approximate surface area is 179 Å². The van der Waals surface area contributed by atoms with E-state index in [9.17, 15) is 19.1 Å². The van der Waals surface area contributed by atoms with Gasteiger partial charge in [-0.15, -0.1) is 0 Å². The number of amides is 1. The molecule has 7 nitrogen and oxygen atoms in total. The van der Waals surface area contributed by atoms with Crippen LogP contribution in [-0.2, 0) is 0 Å². The van der Waals surface area contributed by atoms with Gasteiger partial charge in [-0.3, -0.25) is 9.59 Å². The molecule has 162 valence electrons. The molecule has 4 rings (SSSR count). The average Bonchev–Trinajstić information content (AvgIpc) is 3.24. The highest BCUT2D eigenvalue weighted by atomic mass is 19.1. The number of carbonyl (C=O) groups excluding carboxylic acids is 1. The summed E-state index contributed by atoms with van der Waals surface area (Å²) in [5.41, 5.74) is 0.962. The van der Waals surface area contributed by atoms with E-state index in [2.05, 4.69) is 15.2 Å². The molecule has 0 saturated carbocycles. The fourth-order valence-corrected chi connectivity index (χ4v) is 3.26. The summed E-state index contributed by atoms with van der Waals surface area (Å²) in [6.45, 7) is 1.42. The molecular formula is C23H24FN3O4. The standard InChI is InChI=1S/C17H19N3O4.C6H5F/c1-24-14-4-2-3-13(16(14)22)17(23)19-11-7-8-20(10-11)12-5-6-15(21)18-9-12;7-6-4-2-1-3-5-6/h2-6,9,11,22H,7-8,10H2,1H3,(H,18,21)(H,19,23);1-5H/t11-;/m0./s1. The van der Waals surface area contributed by atoms with E-state index >= 15 is 0 Å². The fraction of sp³-hybridized carbons (Fsp3) is 0.217. The van der Waals surface area contributed by atoms with Crippen molar-refractivity contribution in [1.82, 2.24) is 10.3 Å². The van der Waals surface area contributed by atoms with Gasteiger partial charge < -0.3 is 25.0 Å². The number of ether oxygens (including phenoxy) is 1. The van der Waals surface area contributed by atoms with Crippen LogP contribution < -0.4 is 20.5 Å². The van der Waals surface area contributed by atoms with Crippen molar-refractivity contribution in [3.05, 3.63) is 88.6 Å². The maximum atomic E-state index is 12.4. The van der Waals surface area contributed by atoms with Gasteiger partial charge in [0, 0.05) is 31.4 Å². The van der Waals surface area contributed by atoms with Gasteiger partial charge in [-0.25, -0.2) is 4.39 Å². The number of methoxy groups -OCH3 is 1. The number of aromatic hydroxyl groups is 1. The molecule has 1 fully saturated rings. The van der Waals surface area contributed by atoms with E-state index in [0.29, 0.717) is 6.54 Å². The Morgan fingerprint density at radius 1 is 1.16 bits per heavy atom. The Bertz CT molecular complexity index is 1050. The lowest BCUT2D eigenvalue weighted by Gasteiger charge is -2.19. The van der Waals surface area contributed by atoms with E-state index in [1.807, 2.05) is 0 Å². The number of hydrogen-bond donors (Lipinski definition) is 3. The van der Waals surface area contributed by atoms with Gasteiger partial charge >= 0.3 is 0 Å². The van der Waals surface area contributed by atoms with Crippen LogP contribution in [0.5, 0.6) is 11.5 Å². The summed E-state index contributed by atoms with van der Waals surface area (Å²) in [6, 6.07) is 16.0. The molecule has 0 bridgehead atoms. The zero-order valence-electron chi connectivity index (χ0n) is 17.0. The van der Waals surface area contributed by atoms with Gasteiger partial charge in [0.25, 0.3) is 5.91 Å². The van der Waals surface area contributed by atoms with Crippen LogP contribution in [0, 0.1) is 5.82 Å². The van der Waals surface area contributed by atoms with Crippen molar-refractivity contribution in [2.24, 2.45) is 0 Å². The molecule has 0 radical (unpaired) electrons. The number of para-hydroxylation sites is 1. The van der Waals surface area contributed by atoms with Gasteiger partial charge in [0.2, 0.25) is 5.56 Å². The molecule has 2 heterocycles. The molecule has 31 heavy (non-hydrogen) atoms. The number of H-pyrrole nitrogens is 1. The highest BCUT2D eigenvalue weighted by Crippen LogP contribution is 2.29. The molecule has 3 aromatic rings. The SMILES string of the molecule is COc1cccc(C(=O)N[C@H]2CCN(c3ccc(=O)[nH]c3)C2)c1O.Fc1ccccc1. The molecule has 1 amide bonds. The van der Waals surface area contributed by atoms with Crippen LogP contribution in [0.1, 0.15) is 16.8 Å². The summed E-state index contributed by atoms with van der Waals surface area (Å²) < 4.78 is 16.9. The summed E-state index contributed by atoms with van der Waals surface area (Å²) in [5.74, 6) is -0.404. The van der Waals surface area contributed by atoms with Crippen LogP contribution >= 0.6 is 0 Å². The van der Waals surface area contributed by atoms with Crippen LogP contribution in [0.15, 0.2) is 71.7 Å². The van der Waals surface area contributed by atoms with E-state index in [1.54, 1.807) is 48.7 Å². The molecule has 0 unspecified atom stereocenters. The number of nitrogens with zero attached hydrogens (tertiary/aromatic N) is 1. The van der Waals surface area contributed by atoms with Crippen molar-refractivity contribution in [3.63, 3.8) is 0 Å². The zero-order chi connectivity index (χ0) is 22.2. The zero-order valence-corrected chi connectivity index (χ0v) is 17.0. The van der Waals surface area contributed by atoms with E-state index in [1.165, 1.54) is 25.3 Å². The maximum absolute atomic E-state index is 12.4. The van der Waals surface area contributed by atoms with Gasteiger partial charge in [-0.05, 0) is 36.8 Å². The molecule has 1 atom stereocenters. The first-order chi connectivity index (χ1) is 15.0. The Morgan fingerprint density at radius 3 is 2.55 bits per heavy atom. The molecule has 0 spiro atoms. The first-order valence-corrected chi connectivity index (χ1v) is 9.79. The minimum atomic E-state index is -0.334. The van der Waals surface area contributed by atoms with Crippen molar-refractivity contribution >= 4 is 11.6 Å². The maximum Gasteiger partial charge on any atom is 0.255 e. The smallest absolute Gasteiger partial charge is 0.255 e. The fourth-order valence-electron chi connectivity index (χ4n) is 3.26. The molecule has 0 aliphatic carbocycles. The molecule has 1 saturated heterocycles. The average molecular weight is 425 g/mol. The molecule has 2 aromatic carbocycles. The van der Waals surface area contributed by atoms with E-state index in [-0.39, 0.29) is 40.4 Å².